The van der Waals surface area contributed by atoms with Crippen LogP contribution in [0.25, 0.3) is 0 Å². The van der Waals surface area contributed by atoms with Crippen molar-refractivity contribution in [1.29, 1.82) is 0 Å². The predicted octanol–water partition coefficient (Wildman–Crippen LogP) is 2.27. The minimum absolute atomic E-state index is 0. The van der Waals surface area contributed by atoms with Crippen molar-refractivity contribution < 1.29 is 13.2 Å². The SMILES string of the molecule is Cl.Cl.NCC1CCc2nc(C(F)(F)F)cn2C1. The molecule has 1 atom stereocenters. The number of aromatic nitrogens is 2. The fourth-order valence-corrected chi connectivity index (χ4v) is 1.84. The van der Waals surface area contributed by atoms with Crippen LogP contribution in [0.2, 0.25) is 0 Å². The van der Waals surface area contributed by atoms with Crippen LogP contribution in [-0.4, -0.2) is 16.1 Å². The molecule has 3 nitrogen and oxygen atoms in total. The molecule has 0 spiro atoms. The van der Waals surface area contributed by atoms with Crippen LogP contribution in [0.15, 0.2) is 6.20 Å². The van der Waals surface area contributed by atoms with E-state index in [0.29, 0.717) is 25.3 Å². The summed E-state index contributed by atoms with van der Waals surface area (Å²) in [6.07, 6.45) is -1.86. The third kappa shape index (κ3) is 3.50. The molecule has 0 amide bonds. The normalized spacial score (nSPS) is 18.9. The van der Waals surface area contributed by atoms with Crippen LogP contribution in [0, 0.1) is 5.92 Å². The molecule has 1 aromatic heterocycles. The number of hydrogen-bond donors (Lipinski definition) is 1. The highest BCUT2D eigenvalue weighted by Crippen LogP contribution is 2.30. The molecule has 0 aromatic carbocycles. The van der Waals surface area contributed by atoms with E-state index in [1.165, 1.54) is 0 Å². The molecule has 1 unspecified atom stereocenters. The molecule has 8 heteroatoms. The summed E-state index contributed by atoms with van der Waals surface area (Å²) in [7, 11) is 0. The Morgan fingerprint density at radius 2 is 2.06 bits per heavy atom. The van der Waals surface area contributed by atoms with Crippen molar-refractivity contribution in [2.24, 2.45) is 11.7 Å². The van der Waals surface area contributed by atoms with E-state index < -0.39 is 11.9 Å². The van der Waals surface area contributed by atoms with E-state index in [0.717, 1.165) is 12.6 Å². The first-order valence-electron chi connectivity index (χ1n) is 4.84. The lowest BCUT2D eigenvalue weighted by atomic mass is 10.00. The molecule has 1 aliphatic heterocycles. The quantitative estimate of drug-likeness (QED) is 0.863. The molecule has 1 aromatic rings. The van der Waals surface area contributed by atoms with E-state index in [9.17, 15) is 13.2 Å². The van der Waals surface area contributed by atoms with Gasteiger partial charge in [0, 0.05) is 19.2 Å². The zero-order valence-electron chi connectivity index (χ0n) is 8.91. The van der Waals surface area contributed by atoms with Crippen molar-refractivity contribution in [3.05, 3.63) is 17.7 Å². The standard InChI is InChI=1S/C9H12F3N3.2ClH/c10-9(11,12)7-5-15-4-6(3-13)1-2-8(15)14-7;;/h5-6H,1-4,13H2;2*1H. The van der Waals surface area contributed by atoms with Crippen LogP contribution < -0.4 is 5.73 Å². The number of rotatable bonds is 1. The van der Waals surface area contributed by atoms with Crippen LogP contribution in [0.4, 0.5) is 13.2 Å². The number of aryl methyl sites for hydroxylation is 1. The molecule has 0 saturated carbocycles. The highest BCUT2D eigenvalue weighted by Gasteiger charge is 2.35. The average Bonchev–Trinajstić information content (AvgIpc) is 2.59. The number of nitrogens with zero attached hydrogens (tertiary/aromatic N) is 2. The van der Waals surface area contributed by atoms with Crippen LogP contribution in [0.1, 0.15) is 17.9 Å². The maximum Gasteiger partial charge on any atom is 0.434 e. The summed E-state index contributed by atoms with van der Waals surface area (Å²) in [6, 6.07) is 0. The summed E-state index contributed by atoms with van der Waals surface area (Å²) in [5.41, 5.74) is 4.70. The summed E-state index contributed by atoms with van der Waals surface area (Å²) in [4.78, 5) is 3.59. The Kier molecular flexibility index (Phi) is 5.77. The van der Waals surface area contributed by atoms with Gasteiger partial charge in [0.25, 0.3) is 0 Å². The lowest BCUT2D eigenvalue weighted by Crippen LogP contribution is -2.25. The first kappa shape index (κ1) is 16.5. The van der Waals surface area contributed by atoms with E-state index >= 15 is 0 Å². The summed E-state index contributed by atoms with van der Waals surface area (Å²) in [6.45, 7) is 1.06. The van der Waals surface area contributed by atoms with Gasteiger partial charge >= 0.3 is 6.18 Å². The van der Waals surface area contributed by atoms with E-state index in [4.69, 9.17) is 5.73 Å². The molecule has 0 radical (unpaired) electrons. The lowest BCUT2D eigenvalue weighted by Gasteiger charge is -2.21. The number of halogens is 5. The summed E-state index contributed by atoms with van der Waals surface area (Å²) in [5, 5.41) is 0. The second-order valence-electron chi connectivity index (χ2n) is 3.83. The van der Waals surface area contributed by atoms with Gasteiger partial charge in [0.1, 0.15) is 5.82 Å². The van der Waals surface area contributed by atoms with E-state index in [-0.39, 0.29) is 30.7 Å². The Balaban J connectivity index is 0.00000128. The van der Waals surface area contributed by atoms with Gasteiger partial charge in [-0.25, -0.2) is 4.98 Å². The molecule has 0 fully saturated rings. The van der Waals surface area contributed by atoms with Gasteiger partial charge in [-0.2, -0.15) is 13.2 Å². The fourth-order valence-electron chi connectivity index (χ4n) is 1.84. The Morgan fingerprint density at radius 1 is 1.41 bits per heavy atom. The topological polar surface area (TPSA) is 43.8 Å². The molecule has 2 heterocycles. The molecule has 0 aliphatic carbocycles. The Bertz CT molecular complexity index is 365. The van der Waals surface area contributed by atoms with Gasteiger partial charge in [-0.3, -0.25) is 0 Å². The lowest BCUT2D eigenvalue weighted by molar-refractivity contribution is -0.141. The molecule has 100 valence electrons. The number of alkyl halides is 3. The Morgan fingerprint density at radius 3 is 2.59 bits per heavy atom. The van der Waals surface area contributed by atoms with Crippen molar-refractivity contribution in [3.63, 3.8) is 0 Å². The van der Waals surface area contributed by atoms with Gasteiger partial charge < -0.3 is 10.3 Å². The highest BCUT2D eigenvalue weighted by atomic mass is 35.5. The van der Waals surface area contributed by atoms with E-state index in [1.807, 2.05) is 0 Å². The van der Waals surface area contributed by atoms with E-state index in [2.05, 4.69) is 4.98 Å². The third-order valence-electron chi connectivity index (χ3n) is 2.71. The number of fused-ring (bicyclic) bond motifs is 1. The van der Waals surface area contributed by atoms with Crippen molar-refractivity contribution >= 4 is 24.8 Å². The van der Waals surface area contributed by atoms with Crippen molar-refractivity contribution in [2.75, 3.05) is 6.54 Å². The maximum atomic E-state index is 12.4. The van der Waals surface area contributed by atoms with Crippen LogP contribution in [-0.2, 0) is 19.1 Å². The summed E-state index contributed by atoms with van der Waals surface area (Å²) in [5.74, 6) is 0.791. The highest BCUT2D eigenvalue weighted by molar-refractivity contribution is 5.85. The molecular formula is C9H14Cl2F3N3. The van der Waals surface area contributed by atoms with Crippen LogP contribution in [0.3, 0.4) is 0 Å². The Hall–Kier alpha value is -0.460. The number of hydrogen-bond acceptors (Lipinski definition) is 2. The second-order valence-corrected chi connectivity index (χ2v) is 3.83. The minimum atomic E-state index is -4.34. The van der Waals surface area contributed by atoms with Gasteiger partial charge in [0.2, 0.25) is 0 Å². The minimum Gasteiger partial charge on any atom is -0.334 e. The molecule has 17 heavy (non-hydrogen) atoms. The first-order chi connectivity index (χ1) is 7.00. The average molecular weight is 292 g/mol. The second kappa shape index (κ2) is 5.93. The van der Waals surface area contributed by atoms with Gasteiger partial charge in [-0.05, 0) is 18.9 Å². The fraction of sp³-hybridized carbons (Fsp3) is 0.667. The van der Waals surface area contributed by atoms with Crippen LogP contribution >= 0.6 is 24.8 Å². The molecule has 1 aliphatic rings. The van der Waals surface area contributed by atoms with Crippen molar-refractivity contribution in [3.8, 4) is 0 Å². The van der Waals surface area contributed by atoms with Gasteiger partial charge in [0.15, 0.2) is 5.69 Å². The summed E-state index contributed by atoms with van der Waals surface area (Å²) >= 11 is 0. The maximum absolute atomic E-state index is 12.4. The third-order valence-corrected chi connectivity index (χ3v) is 2.71. The Labute approximate surface area is 109 Å². The van der Waals surface area contributed by atoms with Crippen molar-refractivity contribution in [1.82, 2.24) is 9.55 Å². The molecule has 0 saturated heterocycles. The molecule has 2 N–H and O–H groups in total. The van der Waals surface area contributed by atoms with Crippen molar-refractivity contribution in [2.45, 2.75) is 25.6 Å². The molecule has 0 bridgehead atoms. The zero-order chi connectivity index (χ0) is 11.1. The van der Waals surface area contributed by atoms with Crippen LogP contribution in [0.5, 0.6) is 0 Å². The summed E-state index contributed by atoms with van der Waals surface area (Å²) < 4.78 is 38.6. The molecule has 2 rings (SSSR count). The monoisotopic (exact) mass is 291 g/mol. The molecular weight excluding hydrogens is 278 g/mol. The predicted molar refractivity (Wildman–Crippen MR) is 62.6 cm³/mol. The van der Waals surface area contributed by atoms with Gasteiger partial charge in [0.05, 0.1) is 0 Å². The zero-order valence-corrected chi connectivity index (χ0v) is 10.5. The smallest absolute Gasteiger partial charge is 0.334 e. The number of imidazole rings is 1. The van der Waals surface area contributed by atoms with E-state index in [1.54, 1.807) is 4.57 Å². The number of nitrogens with two attached hydrogens (primary N) is 1. The first-order valence-corrected chi connectivity index (χ1v) is 4.84. The van der Waals surface area contributed by atoms with Gasteiger partial charge in [-0.15, -0.1) is 24.8 Å². The largest absolute Gasteiger partial charge is 0.434 e. The van der Waals surface area contributed by atoms with Gasteiger partial charge in [-0.1, -0.05) is 0 Å².